The maximum atomic E-state index is 12.6. The largest absolute Gasteiger partial charge is 0.497 e. The molecule has 0 bridgehead atoms. The van der Waals surface area contributed by atoms with E-state index in [1.54, 1.807) is 35.8 Å². The van der Waals surface area contributed by atoms with E-state index in [1.807, 2.05) is 50.2 Å². The first kappa shape index (κ1) is 18.7. The Balaban J connectivity index is 1.75. The number of aryl methyl sites for hydroxylation is 3. The molecule has 7 heteroatoms. The highest BCUT2D eigenvalue weighted by Crippen LogP contribution is 2.34. The van der Waals surface area contributed by atoms with E-state index in [9.17, 15) is 4.79 Å². The van der Waals surface area contributed by atoms with Crippen LogP contribution in [0.1, 0.15) is 11.1 Å². The van der Waals surface area contributed by atoms with E-state index in [1.165, 1.54) is 0 Å². The van der Waals surface area contributed by atoms with Crippen molar-refractivity contribution in [1.29, 1.82) is 0 Å². The number of carbonyl (C=O) groups excluding carboxylic acids is 1. The van der Waals surface area contributed by atoms with Crippen LogP contribution in [0.5, 0.6) is 5.75 Å². The summed E-state index contributed by atoms with van der Waals surface area (Å²) < 4.78 is 8.76. The molecule has 0 saturated heterocycles. The summed E-state index contributed by atoms with van der Waals surface area (Å²) in [5.41, 5.74) is 5.00. The minimum Gasteiger partial charge on any atom is -0.497 e. The van der Waals surface area contributed by atoms with Crippen LogP contribution in [0.3, 0.4) is 0 Å². The molecule has 0 radical (unpaired) electrons. The van der Waals surface area contributed by atoms with Crippen LogP contribution in [-0.2, 0) is 18.4 Å². The maximum absolute atomic E-state index is 12.6. The Hall–Kier alpha value is -3.61. The van der Waals surface area contributed by atoms with Gasteiger partial charge in [-0.2, -0.15) is 10.2 Å². The summed E-state index contributed by atoms with van der Waals surface area (Å²) in [5, 5.41) is 12.8. The predicted octanol–water partition coefficient (Wildman–Crippen LogP) is 3.70. The number of fused-ring (bicyclic) bond motifs is 1. The number of carbonyl (C=O) groups is 1. The number of anilines is 1. The first-order valence-corrected chi connectivity index (χ1v) is 9.37. The molecular weight excluding hydrogens is 366 g/mol. The lowest BCUT2D eigenvalue weighted by molar-refractivity contribution is -0.116. The number of rotatable bonds is 5. The highest BCUT2D eigenvalue weighted by atomic mass is 16.5. The molecule has 4 aromatic rings. The number of hydrogen-bond donors (Lipinski definition) is 1. The summed E-state index contributed by atoms with van der Waals surface area (Å²) in [7, 11) is 3.45. The zero-order valence-electron chi connectivity index (χ0n) is 16.9. The van der Waals surface area contributed by atoms with Gasteiger partial charge in [-0.1, -0.05) is 18.2 Å². The average Bonchev–Trinajstić information content (AvgIpc) is 3.25. The van der Waals surface area contributed by atoms with E-state index in [4.69, 9.17) is 9.84 Å². The molecule has 2 aromatic carbocycles. The lowest BCUT2D eigenvalue weighted by atomic mass is 9.97. The summed E-state index contributed by atoms with van der Waals surface area (Å²) in [6.45, 7) is 4.21. The van der Waals surface area contributed by atoms with Crippen LogP contribution in [0.25, 0.3) is 22.2 Å². The Morgan fingerprint density at radius 2 is 1.86 bits per heavy atom. The number of hydrogen-bond acceptors (Lipinski definition) is 4. The number of methoxy groups -OCH3 is 1. The molecule has 1 N–H and O–H groups in total. The molecule has 4 rings (SSSR count). The van der Waals surface area contributed by atoms with Crippen molar-refractivity contribution in [2.24, 2.45) is 7.05 Å². The number of benzene rings is 2. The van der Waals surface area contributed by atoms with Crippen molar-refractivity contribution in [2.45, 2.75) is 20.4 Å². The van der Waals surface area contributed by atoms with Gasteiger partial charge in [-0.25, -0.2) is 0 Å². The third-order valence-electron chi connectivity index (χ3n) is 5.02. The fourth-order valence-electron chi connectivity index (χ4n) is 3.66. The van der Waals surface area contributed by atoms with Crippen LogP contribution in [0, 0.1) is 13.8 Å². The average molecular weight is 389 g/mol. The minimum atomic E-state index is -0.156. The summed E-state index contributed by atoms with van der Waals surface area (Å²) in [5.74, 6) is 1.31. The van der Waals surface area contributed by atoms with E-state index < -0.39 is 0 Å². The van der Waals surface area contributed by atoms with Crippen molar-refractivity contribution in [3.8, 4) is 17.0 Å². The number of nitrogens with zero attached hydrogens (tertiary/aromatic N) is 4. The maximum Gasteiger partial charge on any atom is 0.247 e. The molecule has 2 heterocycles. The number of amides is 1. The van der Waals surface area contributed by atoms with Gasteiger partial charge in [0.25, 0.3) is 0 Å². The van der Waals surface area contributed by atoms with E-state index >= 15 is 0 Å². The van der Waals surface area contributed by atoms with Crippen molar-refractivity contribution >= 4 is 22.6 Å². The summed E-state index contributed by atoms with van der Waals surface area (Å²) in [6, 6.07) is 13.7. The number of para-hydroxylation sites is 1. The summed E-state index contributed by atoms with van der Waals surface area (Å²) in [4.78, 5) is 12.6. The van der Waals surface area contributed by atoms with Gasteiger partial charge in [0.2, 0.25) is 5.91 Å². The van der Waals surface area contributed by atoms with Gasteiger partial charge in [-0.3, -0.25) is 14.2 Å². The summed E-state index contributed by atoms with van der Waals surface area (Å²) >= 11 is 0. The number of aromatic nitrogens is 4. The molecule has 0 aliphatic rings. The van der Waals surface area contributed by atoms with Crippen LogP contribution in [-0.4, -0.2) is 32.6 Å². The van der Waals surface area contributed by atoms with E-state index in [-0.39, 0.29) is 12.5 Å². The SMILES string of the molecule is COc1cc(C)c(-c2nn(CC(=O)Nc3ccnn3C)c3ccccc23)c(C)c1. The molecule has 0 spiro atoms. The lowest BCUT2D eigenvalue weighted by Crippen LogP contribution is -2.21. The van der Waals surface area contributed by atoms with Gasteiger partial charge in [-0.15, -0.1) is 0 Å². The Bertz CT molecular complexity index is 1180. The predicted molar refractivity (Wildman–Crippen MR) is 113 cm³/mol. The molecule has 0 aliphatic carbocycles. The van der Waals surface area contributed by atoms with Gasteiger partial charge in [0.15, 0.2) is 0 Å². The van der Waals surface area contributed by atoms with E-state index in [2.05, 4.69) is 10.4 Å². The quantitative estimate of drug-likeness (QED) is 0.565. The monoisotopic (exact) mass is 389 g/mol. The second kappa shape index (κ2) is 7.43. The number of nitrogens with one attached hydrogen (secondary N) is 1. The highest BCUT2D eigenvalue weighted by molar-refractivity contribution is 5.96. The molecule has 0 saturated carbocycles. The third-order valence-corrected chi connectivity index (χ3v) is 5.02. The molecule has 29 heavy (non-hydrogen) atoms. The second-order valence-electron chi connectivity index (χ2n) is 7.05. The Morgan fingerprint density at radius 1 is 1.14 bits per heavy atom. The van der Waals surface area contributed by atoms with Crippen molar-refractivity contribution in [2.75, 3.05) is 12.4 Å². The Kier molecular flexibility index (Phi) is 4.80. The Morgan fingerprint density at radius 3 is 2.52 bits per heavy atom. The molecule has 0 atom stereocenters. The first-order valence-electron chi connectivity index (χ1n) is 9.37. The van der Waals surface area contributed by atoms with Crippen molar-refractivity contribution in [1.82, 2.24) is 19.6 Å². The molecule has 148 valence electrons. The van der Waals surface area contributed by atoms with Crippen LogP contribution < -0.4 is 10.1 Å². The Labute approximate surface area is 168 Å². The van der Waals surface area contributed by atoms with Gasteiger partial charge in [0.05, 0.1) is 18.8 Å². The zero-order chi connectivity index (χ0) is 20.5. The van der Waals surface area contributed by atoms with Gasteiger partial charge in [0, 0.05) is 24.1 Å². The normalized spacial score (nSPS) is 11.0. The standard InChI is InChI=1S/C22H23N5O2/c1-14-11-16(29-4)12-15(2)21(14)22-17-7-5-6-8-18(17)27(25-22)13-20(28)24-19-9-10-23-26(19)3/h5-12H,13H2,1-4H3,(H,24,28). The molecule has 0 unspecified atom stereocenters. The highest BCUT2D eigenvalue weighted by Gasteiger charge is 2.18. The molecular formula is C22H23N5O2. The molecule has 0 fully saturated rings. The minimum absolute atomic E-state index is 0.111. The van der Waals surface area contributed by atoms with Gasteiger partial charge in [0.1, 0.15) is 23.8 Å². The molecule has 0 aliphatic heterocycles. The third kappa shape index (κ3) is 3.47. The lowest BCUT2D eigenvalue weighted by Gasteiger charge is -2.10. The molecule has 2 aromatic heterocycles. The zero-order valence-corrected chi connectivity index (χ0v) is 16.9. The van der Waals surface area contributed by atoms with Crippen molar-refractivity contribution in [3.63, 3.8) is 0 Å². The van der Waals surface area contributed by atoms with E-state index in [0.29, 0.717) is 5.82 Å². The van der Waals surface area contributed by atoms with Crippen LogP contribution in [0.4, 0.5) is 5.82 Å². The fraction of sp³-hybridized carbons (Fsp3) is 0.227. The molecule has 7 nitrogen and oxygen atoms in total. The smallest absolute Gasteiger partial charge is 0.247 e. The summed E-state index contributed by atoms with van der Waals surface area (Å²) in [6.07, 6.45) is 1.65. The van der Waals surface area contributed by atoms with Gasteiger partial charge >= 0.3 is 0 Å². The van der Waals surface area contributed by atoms with Crippen molar-refractivity contribution in [3.05, 3.63) is 59.8 Å². The van der Waals surface area contributed by atoms with Crippen LogP contribution >= 0.6 is 0 Å². The van der Waals surface area contributed by atoms with E-state index in [0.717, 1.165) is 39.0 Å². The van der Waals surface area contributed by atoms with Crippen LogP contribution in [0.15, 0.2) is 48.7 Å². The second-order valence-corrected chi connectivity index (χ2v) is 7.05. The number of ether oxygens (including phenoxy) is 1. The topological polar surface area (TPSA) is 74.0 Å². The van der Waals surface area contributed by atoms with Crippen LogP contribution in [0.2, 0.25) is 0 Å². The van der Waals surface area contributed by atoms with Gasteiger partial charge < -0.3 is 10.1 Å². The first-order chi connectivity index (χ1) is 14.0. The molecule has 1 amide bonds. The van der Waals surface area contributed by atoms with Crippen molar-refractivity contribution < 1.29 is 9.53 Å². The van der Waals surface area contributed by atoms with Gasteiger partial charge in [-0.05, 0) is 43.2 Å². The fourth-order valence-corrected chi connectivity index (χ4v) is 3.66.